The maximum atomic E-state index is 6.54. The van der Waals surface area contributed by atoms with Crippen LogP contribution in [0.4, 0.5) is 5.82 Å². The van der Waals surface area contributed by atoms with Gasteiger partial charge in [0.15, 0.2) is 5.79 Å². The molecule has 1 saturated heterocycles. The van der Waals surface area contributed by atoms with Gasteiger partial charge in [-0.2, -0.15) is 11.8 Å². The maximum absolute atomic E-state index is 6.54. The summed E-state index contributed by atoms with van der Waals surface area (Å²) in [5.41, 5.74) is 3.52. The molecule has 2 aromatic carbocycles. The molecule has 0 bridgehead atoms. The Bertz CT molecular complexity index is 1480. The molecule has 0 radical (unpaired) electrons. The molecule has 228 valence electrons. The summed E-state index contributed by atoms with van der Waals surface area (Å²) in [5, 5.41) is 4.65. The van der Waals surface area contributed by atoms with Gasteiger partial charge in [0, 0.05) is 32.1 Å². The highest BCUT2D eigenvalue weighted by molar-refractivity contribution is 7.99. The first kappa shape index (κ1) is 29.9. The fraction of sp³-hybridized carbons (Fsp3) is 0.471. The average Bonchev–Trinajstić information content (AvgIpc) is 3.68. The van der Waals surface area contributed by atoms with E-state index in [2.05, 4.69) is 81.5 Å². The number of aromatic nitrogens is 3. The minimum atomic E-state index is -0.586. The van der Waals surface area contributed by atoms with Gasteiger partial charge in [0.25, 0.3) is 0 Å². The lowest BCUT2D eigenvalue weighted by molar-refractivity contribution is -0.159. The number of hydrogen-bond donors (Lipinski definition) is 1. The molecule has 0 amide bonds. The van der Waals surface area contributed by atoms with Gasteiger partial charge in [-0.1, -0.05) is 42.5 Å². The van der Waals surface area contributed by atoms with E-state index in [0.717, 1.165) is 66.6 Å². The van der Waals surface area contributed by atoms with Gasteiger partial charge in [0.1, 0.15) is 29.6 Å². The number of anilines is 1. The van der Waals surface area contributed by atoms with Gasteiger partial charge < -0.3 is 29.0 Å². The smallest absolute Gasteiger partial charge is 0.163 e. The van der Waals surface area contributed by atoms with Crippen molar-refractivity contribution < 1.29 is 14.2 Å². The fourth-order valence-electron chi connectivity index (χ4n) is 6.48. The first-order valence-corrected chi connectivity index (χ1v) is 16.4. The van der Waals surface area contributed by atoms with Crippen LogP contribution >= 0.6 is 11.8 Å². The molecule has 2 aliphatic rings. The molecule has 1 saturated carbocycles. The van der Waals surface area contributed by atoms with E-state index in [4.69, 9.17) is 19.2 Å². The van der Waals surface area contributed by atoms with Crippen LogP contribution in [0.1, 0.15) is 37.4 Å². The number of nitrogens with zero attached hydrogens (tertiary/aromatic N) is 4. The molecule has 1 N–H and O–H groups in total. The maximum Gasteiger partial charge on any atom is 0.163 e. The Balaban J connectivity index is 1.10. The number of fused-ring (bicyclic) bond motifs is 2. The van der Waals surface area contributed by atoms with Crippen molar-refractivity contribution in [2.45, 2.75) is 57.3 Å². The van der Waals surface area contributed by atoms with Crippen molar-refractivity contribution >= 4 is 28.6 Å². The highest BCUT2D eigenvalue weighted by atomic mass is 32.2. The SMILES string of the molecule is COc1ccc(CN(C)c2ncnc3c2ccn3[C@@H]2C[C@H](CSCCNCCc3ccccc3)[C@H]3OC(C)(C)O[C@H]32)cc1. The van der Waals surface area contributed by atoms with Crippen LogP contribution in [0.3, 0.4) is 0 Å². The molecular formula is C34H43N5O3S. The van der Waals surface area contributed by atoms with Gasteiger partial charge >= 0.3 is 0 Å². The Kier molecular flexibility index (Phi) is 9.23. The van der Waals surface area contributed by atoms with E-state index >= 15 is 0 Å². The molecule has 9 heteroatoms. The lowest BCUT2D eigenvalue weighted by Crippen LogP contribution is -2.27. The third-order valence-electron chi connectivity index (χ3n) is 8.53. The predicted octanol–water partition coefficient (Wildman–Crippen LogP) is 5.72. The number of benzene rings is 2. The molecule has 2 aromatic heterocycles. The predicted molar refractivity (Wildman–Crippen MR) is 174 cm³/mol. The number of thioether (sulfide) groups is 1. The highest BCUT2D eigenvalue weighted by Crippen LogP contribution is 2.48. The van der Waals surface area contributed by atoms with Gasteiger partial charge in [0.2, 0.25) is 0 Å². The summed E-state index contributed by atoms with van der Waals surface area (Å²) in [6.07, 6.45) is 5.98. The number of ether oxygens (including phenoxy) is 3. The number of rotatable bonds is 13. The monoisotopic (exact) mass is 601 g/mol. The van der Waals surface area contributed by atoms with Crippen molar-refractivity contribution in [1.29, 1.82) is 0 Å². The van der Waals surface area contributed by atoms with E-state index in [-0.39, 0.29) is 18.2 Å². The zero-order valence-corrected chi connectivity index (χ0v) is 26.4. The summed E-state index contributed by atoms with van der Waals surface area (Å²) in [5.74, 6) is 3.75. The molecule has 1 aliphatic carbocycles. The van der Waals surface area contributed by atoms with Crippen molar-refractivity contribution in [2.24, 2.45) is 5.92 Å². The molecule has 4 atom stereocenters. The fourth-order valence-corrected chi connectivity index (χ4v) is 7.57. The zero-order chi connectivity index (χ0) is 29.8. The van der Waals surface area contributed by atoms with Gasteiger partial charge in [-0.25, -0.2) is 9.97 Å². The standard InChI is InChI=1S/C34H43N5O3S/c1-34(2)41-30-26(22-43-19-17-35-16-14-24-8-6-5-7-9-24)20-29(31(30)42-34)39-18-15-28-32(36-23-37-33(28)39)38(3)21-25-10-12-27(40-4)13-11-25/h5-13,15,18,23,26,29-31,35H,14,16-17,19-22H2,1-4H3/t26-,29-,30-,31+/m1/s1. The molecule has 8 nitrogen and oxygen atoms in total. The number of nitrogens with one attached hydrogen (secondary N) is 1. The van der Waals surface area contributed by atoms with E-state index in [9.17, 15) is 0 Å². The van der Waals surface area contributed by atoms with Gasteiger partial charge in [-0.3, -0.25) is 0 Å². The van der Waals surface area contributed by atoms with E-state index in [1.807, 2.05) is 37.7 Å². The van der Waals surface area contributed by atoms with E-state index in [1.165, 1.54) is 11.1 Å². The Hall–Kier alpha value is -3.11. The largest absolute Gasteiger partial charge is 0.497 e. The van der Waals surface area contributed by atoms with Crippen molar-refractivity contribution in [3.05, 3.63) is 84.3 Å². The normalized spacial score (nSPS) is 22.6. The summed E-state index contributed by atoms with van der Waals surface area (Å²) >= 11 is 2.01. The first-order chi connectivity index (χ1) is 20.9. The van der Waals surface area contributed by atoms with Crippen LogP contribution in [0.15, 0.2) is 73.2 Å². The molecule has 3 heterocycles. The van der Waals surface area contributed by atoms with Crippen LogP contribution in [0, 0.1) is 5.92 Å². The summed E-state index contributed by atoms with van der Waals surface area (Å²) in [6.45, 7) is 6.82. The van der Waals surface area contributed by atoms with Crippen LogP contribution in [0.5, 0.6) is 5.75 Å². The quantitative estimate of drug-likeness (QED) is 0.195. The van der Waals surface area contributed by atoms with E-state index in [0.29, 0.717) is 5.92 Å². The number of methoxy groups -OCH3 is 1. The van der Waals surface area contributed by atoms with Gasteiger partial charge in [-0.15, -0.1) is 0 Å². The Morgan fingerprint density at radius 2 is 1.79 bits per heavy atom. The second-order valence-electron chi connectivity index (χ2n) is 12.1. The molecule has 43 heavy (non-hydrogen) atoms. The lowest BCUT2D eigenvalue weighted by atomic mass is 10.1. The van der Waals surface area contributed by atoms with Crippen LogP contribution in [0.2, 0.25) is 0 Å². The zero-order valence-electron chi connectivity index (χ0n) is 25.6. The van der Waals surface area contributed by atoms with Crippen molar-refractivity contribution in [1.82, 2.24) is 19.9 Å². The first-order valence-electron chi connectivity index (χ1n) is 15.3. The van der Waals surface area contributed by atoms with Crippen LogP contribution in [-0.2, 0) is 22.4 Å². The highest BCUT2D eigenvalue weighted by Gasteiger charge is 2.54. The van der Waals surface area contributed by atoms with Crippen LogP contribution < -0.4 is 15.0 Å². The van der Waals surface area contributed by atoms with Gasteiger partial charge in [-0.05, 0) is 74.2 Å². The van der Waals surface area contributed by atoms with E-state index < -0.39 is 5.79 Å². The van der Waals surface area contributed by atoms with Crippen LogP contribution in [-0.4, -0.2) is 71.3 Å². The molecule has 1 aliphatic heterocycles. The average molecular weight is 602 g/mol. The summed E-state index contributed by atoms with van der Waals surface area (Å²) in [7, 11) is 3.77. The second-order valence-corrected chi connectivity index (χ2v) is 13.2. The Labute approximate surface area is 259 Å². The molecule has 0 spiro atoms. The molecule has 4 aromatic rings. The summed E-state index contributed by atoms with van der Waals surface area (Å²) < 4.78 is 20.7. The topological polar surface area (TPSA) is 73.7 Å². The minimum Gasteiger partial charge on any atom is -0.497 e. The Morgan fingerprint density at radius 1 is 1.00 bits per heavy atom. The molecule has 6 rings (SSSR count). The van der Waals surface area contributed by atoms with Crippen molar-refractivity contribution in [2.75, 3.05) is 43.7 Å². The molecule has 0 unspecified atom stereocenters. The molecular weight excluding hydrogens is 558 g/mol. The summed E-state index contributed by atoms with van der Waals surface area (Å²) in [4.78, 5) is 11.6. The van der Waals surface area contributed by atoms with Crippen molar-refractivity contribution in [3.8, 4) is 5.75 Å². The third-order valence-corrected chi connectivity index (χ3v) is 9.68. The van der Waals surface area contributed by atoms with E-state index in [1.54, 1.807) is 13.4 Å². The van der Waals surface area contributed by atoms with Crippen LogP contribution in [0.25, 0.3) is 11.0 Å². The van der Waals surface area contributed by atoms with Crippen molar-refractivity contribution in [3.63, 3.8) is 0 Å². The number of hydrogen-bond acceptors (Lipinski definition) is 8. The second kappa shape index (κ2) is 13.3. The Morgan fingerprint density at radius 3 is 2.58 bits per heavy atom. The molecule has 2 fully saturated rings. The van der Waals surface area contributed by atoms with Gasteiger partial charge in [0.05, 0.1) is 24.6 Å². The third kappa shape index (κ3) is 6.85. The minimum absolute atomic E-state index is 0.00404. The lowest BCUT2D eigenvalue weighted by Gasteiger charge is -2.24. The summed E-state index contributed by atoms with van der Waals surface area (Å²) in [6, 6.07) is 21.1.